The standard InChI is InChI=1S/C17H12BrF7N2OS/c1-8-5-11(18)13(27-14(28)9-3-2-4-10(26)7-9)12(6-8)29-17(24,25)15(19,20)16(21,22)23/h2-7H,26H2,1H3,(H,27,28). The zero-order valence-corrected chi connectivity index (χ0v) is 16.8. The summed E-state index contributed by atoms with van der Waals surface area (Å²) in [6.45, 7) is 1.42. The largest absolute Gasteiger partial charge is 0.460 e. The van der Waals surface area contributed by atoms with Crippen molar-refractivity contribution in [1.29, 1.82) is 0 Å². The molecular weight excluding hydrogens is 493 g/mol. The first-order valence-electron chi connectivity index (χ1n) is 7.64. The minimum atomic E-state index is -6.46. The van der Waals surface area contributed by atoms with Crippen molar-refractivity contribution < 1.29 is 35.5 Å². The molecule has 0 saturated heterocycles. The number of nitrogens with one attached hydrogen (secondary N) is 1. The van der Waals surface area contributed by atoms with Gasteiger partial charge in [-0.1, -0.05) is 6.07 Å². The maximum absolute atomic E-state index is 13.9. The van der Waals surface area contributed by atoms with Crippen LogP contribution in [0.3, 0.4) is 0 Å². The normalized spacial score (nSPS) is 12.7. The Morgan fingerprint density at radius 3 is 2.24 bits per heavy atom. The number of alkyl halides is 7. The Labute approximate surface area is 173 Å². The SMILES string of the molecule is Cc1cc(Br)c(NC(=O)c2cccc(N)c2)c(SC(F)(F)C(F)(F)C(F)(F)F)c1. The summed E-state index contributed by atoms with van der Waals surface area (Å²) in [6, 6.07) is 7.90. The number of carbonyl (C=O) groups is 1. The van der Waals surface area contributed by atoms with Gasteiger partial charge in [-0.25, -0.2) is 0 Å². The third-order valence-electron chi connectivity index (χ3n) is 3.55. The van der Waals surface area contributed by atoms with Gasteiger partial charge in [0.05, 0.1) is 5.69 Å². The highest BCUT2D eigenvalue weighted by atomic mass is 79.9. The van der Waals surface area contributed by atoms with Crippen molar-refractivity contribution in [3.8, 4) is 0 Å². The number of hydrogen-bond acceptors (Lipinski definition) is 3. The van der Waals surface area contributed by atoms with Crippen molar-refractivity contribution >= 4 is 45.0 Å². The van der Waals surface area contributed by atoms with E-state index in [0.717, 1.165) is 6.07 Å². The maximum atomic E-state index is 13.9. The van der Waals surface area contributed by atoms with Crippen LogP contribution in [0.2, 0.25) is 0 Å². The third-order valence-corrected chi connectivity index (χ3v) is 5.23. The lowest BCUT2D eigenvalue weighted by Gasteiger charge is -2.28. The Morgan fingerprint density at radius 2 is 1.69 bits per heavy atom. The number of nitrogens with two attached hydrogens (primary N) is 1. The van der Waals surface area contributed by atoms with Crippen molar-refractivity contribution in [3.63, 3.8) is 0 Å². The van der Waals surface area contributed by atoms with E-state index in [2.05, 4.69) is 21.2 Å². The summed E-state index contributed by atoms with van der Waals surface area (Å²) in [5.74, 6) is -7.12. The lowest BCUT2D eigenvalue weighted by Crippen LogP contribution is -2.50. The average Bonchev–Trinajstić information content (AvgIpc) is 2.56. The molecule has 3 N–H and O–H groups in total. The van der Waals surface area contributed by atoms with E-state index in [-0.39, 0.29) is 27.0 Å². The van der Waals surface area contributed by atoms with Gasteiger partial charge in [0.15, 0.2) is 0 Å². The molecule has 0 aliphatic heterocycles. The minimum Gasteiger partial charge on any atom is -0.399 e. The second kappa shape index (κ2) is 8.05. The quantitative estimate of drug-likeness (QED) is 0.278. The van der Waals surface area contributed by atoms with Gasteiger partial charge < -0.3 is 11.1 Å². The second-order valence-electron chi connectivity index (χ2n) is 5.89. The molecule has 2 aromatic rings. The Bertz CT molecular complexity index is 934. The number of amides is 1. The van der Waals surface area contributed by atoms with Gasteiger partial charge in [0.25, 0.3) is 5.91 Å². The van der Waals surface area contributed by atoms with Gasteiger partial charge in [-0.2, -0.15) is 30.7 Å². The average molecular weight is 505 g/mol. The van der Waals surface area contributed by atoms with E-state index in [9.17, 15) is 35.5 Å². The zero-order chi connectivity index (χ0) is 22.2. The van der Waals surface area contributed by atoms with E-state index in [4.69, 9.17) is 5.73 Å². The number of halogens is 8. The molecule has 12 heteroatoms. The van der Waals surface area contributed by atoms with E-state index < -0.39 is 39.9 Å². The molecular formula is C17H12BrF7N2OS. The first-order valence-corrected chi connectivity index (χ1v) is 9.25. The monoisotopic (exact) mass is 504 g/mol. The van der Waals surface area contributed by atoms with Crippen LogP contribution in [0.5, 0.6) is 0 Å². The molecule has 2 aromatic carbocycles. The van der Waals surface area contributed by atoms with Crippen LogP contribution in [0.15, 0.2) is 45.8 Å². The molecule has 2 rings (SSSR count). The van der Waals surface area contributed by atoms with Gasteiger partial charge in [0.2, 0.25) is 0 Å². The number of thioether (sulfide) groups is 1. The number of benzene rings is 2. The van der Waals surface area contributed by atoms with Gasteiger partial charge in [0.1, 0.15) is 0 Å². The fourth-order valence-corrected chi connectivity index (χ4v) is 3.98. The fraction of sp³-hybridized carbons (Fsp3) is 0.235. The van der Waals surface area contributed by atoms with Gasteiger partial charge in [-0.15, -0.1) is 0 Å². The van der Waals surface area contributed by atoms with Crippen molar-refractivity contribution in [2.45, 2.75) is 29.2 Å². The van der Waals surface area contributed by atoms with Gasteiger partial charge in [-0.05, 0) is 70.5 Å². The molecule has 0 unspecified atom stereocenters. The molecule has 0 fully saturated rings. The number of carbonyl (C=O) groups excluding carboxylic acids is 1. The number of hydrogen-bond donors (Lipinski definition) is 2. The summed E-state index contributed by atoms with van der Waals surface area (Å²) in [4.78, 5) is 11.7. The highest BCUT2D eigenvalue weighted by Crippen LogP contribution is 2.55. The minimum absolute atomic E-state index is 0.0170. The number of aryl methyl sites for hydroxylation is 1. The predicted molar refractivity (Wildman–Crippen MR) is 99.5 cm³/mol. The number of nitrogen functional groups attached to an aromatic ring is 1. The molecule has 1 amide bonds. The molecule has 0 bridgehead atoms. The van der Waals surface area contributed by atoms with E-state index in [0.29, 0.717) is 0 Å². The van der Waals surface area contributed by atoms with Crippen molar-refractivity contribution in [1.82, 2.24) is 0 Å². The summed E-state index contributed by atoms with van der Waals surface area (Å²) in [5, 5.41) is -3.29. The van der Waals surface area contributed by atoms with Crippen LogP contribution >= 0.6 is 27.7 Å². The van der Waals surface area contributed by atoms with Crippen LogP contribution in [0, 0.1) is 6.92 Å². The van der Waals surface area contributed by atoms with Gasteiger partial charge >= 0.3 is 17.4 Å². The lowest BCUT2D eigenvalue weighted by molar-refractivity contribution is -0.330. The molecule has 0 radical (unpaired) electrons. The molecule has 0 aliphatic rings. The molecule has 0 aliphatic carbocycles. The Hall–Kier alpha value is -1.95. The molecule has 0 aromatic heterocycles. The summed E-state index contributed by atoms with van der Waals surface area (Å²) < 4.78 is 91.7. The maximum Gasteiger partial charge on any atom is 0.460 e. The van der Waals surface area contributed by atoms with Crippen LogP contribution in [-0.4, -0.2) is 23.3 Å². The lowest BCUT2D eigenvalue weighted by atomic mass is 10.1. The Kier molecular flexibility index (Phi) is 6.48. The van der Waals surface area contributed by atoms with Gasteiger partial charge in [0, 0.05) is 20.6 Å². The van der Waals surface area contributed by atoms with Crippen molar-refractivity contribution in [2.75, 3.05) is 11.1 Å². The van der Waals surface area contributed by atoms with Crippen LogP contribution in [0.4, 0.5) is 42.1 Å². The molecule has 29 heavy (non-hydrogen) atoms. The highest BCUT2D eigenvalue weighted by molar-refractivity contribution is 9.10. The van der Waals surface area contributed by atoms with E-state index in [1.807, 2.05) is 0 Å². The topological polar surface area (TPSA) is 55.1 Å². The van der Waals surface area contributed by atoms with Crippen LogP contribution < -0.4 is 11.1 Å². The first-order chi connectivity index (χ1) is 13.2. The number of anilines is 2. The second-order valence-corrected chi connectivity index (χ2v) is 7.90. The van der Waals surface area contributed by atoms with Gasteiger partial charge in [-0.3, -0.25) is 4.79 Å². The molecule has 0 saturated carbocycles. The van der Waals surface area contributed by atoms with Crippen LogP contribution in [0.1, 0.15) is 15.9 Å². The summed E-state index contributed by atoms with van der Waals surface area (Å²) in [7, 11) is 0. The summed E-state index contributed by atoms with van der Waals surface area (Å²) in [5.41, 5.74) is 5.72. The van der Waals surface area contributed by atoms with E-state index >= 15 is 0 Å². The van der Waals surface area contributed by atoms with E-state index in [1.165, 1.54) is 37.3 Å². The number of rotatable bonds is 5. The molecule has 3 nitrogen and oxygen atoms in total. The summed E-state index contributed by atoms with van der Waals surface area (Å²) >= 11 is 2.01. The van der Waals surface area contributed by atoms with E-state index in [1.54, 1.807) is 0 Å². The highest BCUT2D eigenvalue weighted by Gasteiger charge is 2.73. The van der Waals surface area contributed by atoms with Crippen molar-refractivity contribution in [3.05, 3.63) is 52.0 Å². The predicted octanol–water partition coefficient (Wildman–Crippen LogP) is 6.47. The Balaban J connectivity index is 2.45. The molecule has 0 heterocycles. The molecule has 0 atom stereocenters. The zero-order valence-electron chi connectivity index (χ0n) is 14.4. The third kappa shape index (κ3) is 4.97. The first kappa shape index (κ1) is 23.3. The fourth-order valence-electron chi connectivity index (χ4n) is 2.14. The van der Waals surface area contributed by atoms with Crippen LogP contribution in [0.25, 0.3) is 0 Å². The smallest absolute Gasteiger partial charge is 0.399 e. The molecule has 0 spiro atoms. The van der Waals surface area contributed by atoms with Crippen LogP contribution in [-0.2, 0) is 0 Å². The Morgan fingerprint density at radius 1 is 1.07 bits per heavy atom. The molecule has 158 valence electrons. The van der Waals surface area contributed by atoms with Crippen molar-refractivity contribution in [2.24, 2.45) is 0 Å². The summed E-state index contributed by atoms with van der Waals surface area (Å²) in [6.07, 6.45) is -6.46.